The van der Waals surface area contributed by atoms with Crippen molar-refractivity contribution in [3.8, 4) is 0 Å². The Kier molecular flexibility index (Phi) is 6.44. The summed E-state index contributed by atoms with van der Waals surface area (Å²) in [4.78, 5) is 13.6. The first-order valence-corrected chi connectivity index (χ1v) is 6.55. The molecular weight excluding hydrogens is 224 g/mol. The van der Waals surface area contributed by atoms with Crippen LogP contribution in [0.25, 0.3) is 0 Å². The van der Waals surface area contributed by atoms with Gasteiger partial charge in [0.2, 0.25) is 5.91 Å². The molecule has 0 fully saturated rings. The van der Waals surface area contributed by atoms with Gasteiger partial charge in [0.05, 0.1) is 0 Å². The number of rotatable bonds is 7. The Balaban J connectivity index is 2.13. The molecule has 0 atom stereocenters. The highest BCUT2D eigenvalue weighted by Crippen LogP contribution is 2.06. The molecule has 18 heavy (non-hydrogen) atoms. The summed E-state index contributed by atoms with van der Waals surface area (Å²) in [6, 6.07) is 8.51. The van der Waals surface area contributed by atoms with Crippen molar-refractivity contribution >= 4 is 5.91 Å². The summed E-state index contributed by atoms with van der Waals surface area (Å²) >= 11 is 0. The van der Waals surface area contributed by atoms with E-state index in [0.717, 1.165) is 25.9 Å². The summed E-state index contributed by atoms with van der Waals surface area (Å²) in [6.45, 7) is 3.71. The first-order valence-electron chi connectivity index (χ1n) is 6.55. The monoisotopic (exact) mass is 248 g/mol. The maximum Gasteiger partial charge on any atom is 0.220 e. The number of carbonyl (C=O) groups is 1. The summed E-state index contributed by atoms with van der Waals surface area (Å²) in [5.41, 5.74) is 2.59. The van der Waals surface area contributed by atoms with E-state index in [2.05, 4.69) is 41.4 Å². The number of hydrogen-bond acceptors (Lipinski definition) is 2. The first kappa shape index (κ1) is 14.7. The van der Waals surface area contributed by atoms with Gasteiger partial charge in [0.1, 0.15) is 0 Å². The Bertz CT molecular complexity index is 357. The van der Waals surface area contributed by atoms with Crippen LogP contribution in [0.5, 0.6) is 0 Å². The molecule has 0 aromatic heterocycles. The second-order valence-corrected chi connectivity index (χ2v) is 4.99. The van der Waals surface area contributed by atoms with Crippen molar-refractivity contribution in [2.75, 3.05) is 27.2 Å². The maximum atomic E-state index is 11.5. The Morgan fingerprint density at radius 3 is 2.50 bits per heavy atom. The quantitative estimate of drug-likeness (QED) is 0.800. The van der Waals surface area contributed by atoms with E-state index >= 15 is 0 Å². The third kappa shape index (κ3) is 6.40. The van der Waals surface area contributed by atoms with Gasteiger partial charge in [0.25, 0.3) is 0 Å². The predicted octanol–water partition coefficient (Wildman–Crippen LogP) is 2.00. The number of amides is 1. The Labute approximate surface area is 110 Å². The van der Waals surface area contributed by atoms with Crippen LogP contribution in [0.15, 0.2) is 24.3 Å². The van der Waals surface area contributed by atoms with Gasteiger partial charge in [0, 0.05) is 19.5 Å². The van der Waals surface area contributed by atoms with Gasteiger partial charge in [-0.15, -0.1) is 0 Å². The fraction of sp³-hybridized carbons (Fsp3) is 0.533. The lowest BCUT2D eigenvalue weighted by Crippen LogP contribution is -2.31. The molecule has 0 saturated heterocycles. The number of hydrogen-bond donors (Lipinski definition) is 1. The average Bonchev–Trinajstić information content (AvgIpc) is 2.31. The molecule has 0 bridgehead atoms. The predicted molar refractivity (Wildman–Crippen MR) is 75.7 cm³/mol. The molecule has 1 rings (SSSR count). The fourth-order valence-electron chi connectivity index (χ4n) is 1.72. The van der Waals surface area contributed by atoms with E-state index in [1.165, 1.54) is 11.1 Å². The van der Waals surface area contributed by atoms with Gasteiger partial charge in [0.15, 0.2) is 0 Å². The summed E-state index contributed by atoms with van der Waals surface area (Å²) < 4.78 is 0. The Hall–Kier alpha value is -1.35. The zero-order valence-corrected chi connectivity index (χ0v) is 11.7. The molecule has 1 aromatic carbocycles. The van der Waals surface area contributed by atoms with Crippen molar-refractivity contribution in [1.29, 1.82) is 0 Å². The van der Waals surface area contributed by atoms with Crippen LogP contribution < -0.4 is 5.32 Å². The molecule has 0 spiro atoms. The van der Waals surface area contributed by atoms with Crippen LogP contribution in [0.2, 0.25) is 0 Å². The maximum absolute atomic E-state index is 11.5. The van der Waals surface area contributed by atoms with Crippen molar-refractivity contribution in [1.82, 2.24) is 10.2 Å². The molecule has 3 nitrogen and oxygen atoms in total. The van der Waals surface area contributed by atoms with Gasteiger partial charge in [-0.2, -0.15) is 0 Å². The molecule has 1 amide bonds. The molecule has 100 valence electrons. The third-order valence-corrected chi connectivity index (χ3v) is 2.87. The van der Waals surface area contributed by atoms with Crippen molar-refractivity contribution in [2.45, 2.75) is 26.2 Å². The molecular formula is C15H24N2O. The van der Waals surface area contributed by atoms with Gasteiger partial charge in [-0.1, -0.05) is 29.8 Å². The third-order valence-electron chi connectivity index (χ3n) is 2.87. The molecule has 3 heteroatoms. The van der Waals surface area contributed by atoms with Crippen molar-refractivity contribution in [2.24, 2.45) is 0 Å². The summed E-state index contributed by atoms with van der Waals surface area (Å²) in [5, 5.41) is 2.93. The van der Waals surface area contributed by atoms with Gasteiger partial charge in [-0.05, 0) is 39.4 Å². The van der Waals surface area contributed by atoms with Crippen molar-refractivity contribution in [3.63, 3.8) is 0 Å². The minimum atomic E-state index is 0.156. The zero-order chi connectivity index (χ0) is 13.4. The number of benzene rings is 1. The SMILES string of the molecule is Cc1ccc(CCCC(=O)NCCN(C)C)cc1. The minimum absolute atomic E-state index is 0.156. The largest absolute Gasteiger partial charge is 0.355 e. The second kappa shape index (κ2) is 7.88. The highest BCUT2D eigenvalue weighted by Gasteiger charge is 2.01. The first-order chi connectivity index (χ1) is 8.58. The van der Waals surface area contributed by atoms with Crippen molar-refractivity contribution < 1.29 is 4.79 Å². The number of likely N-dealkylation sites (N-methyl/N-ethyl adjacent to an activating group) is 1. The van der Waals surface area contributed by atoms with E-state index in [9.17, 15) is 4.79 Å². The molecule has 0 aliphatic heterocycles. The van der Waals surface area contributed by atoms with Gasteiger partial charge in [-0.3, -0.25) is 4.79 Å². The summed E-state index contributed by atoms with van der Waals surface area (Å²) in [6.07, 6.45) is 2.50. The summed E-state index contributed by atoms with van der Waals surface area (Å²) in [5.74, 6) is 0.156. The molecule has 0 radical (unpaired) electrons. The molecule has 1 aromatic rings. The molecule has 0 heterocycles. The highest BCUT2D eigenvalue weighted by molar-refractivity contribution is 5.75. The van der Waals surface area contributed by atoms with E-state index in [-0.39, 0.29) is 5.91 Å². The van der Waals surface area contributed by atoms with Gasteiger partial charge >= 0.3 is 0 Å². The van der Waals surface area contributed by atoms with E-state index < -0.39 is 0 Å². The zero-order valence-electron chi connectivity index (χ0n) is 11.7. The normalized spacial score (nSPS) is 10.7. The van der Waals surface area contributed by atoms with E-state index in [1.54, 1.807) is 0 Å². The van der Waals surface area contributed by atoms with Crippen molar-refractivity contribution in [3.05, 3.63) is 35.4 Å². The van der Waals surface area contributed by atoms with Crippen LogP contribution in [0.4, 0.5) is 0 Å². The van der Waals surface area contributed by atoms with E-state index in [4.69, 9.17) is 0 Å². The van der Waals surface area contributed by atoms with E-state index in [1.807, 2.05) is 14.1 Å². The summed E-state index contributed by atoms with van der Waals surface area (Å²) in [7, 11) is 4.01. The molecule has 0 aliphatic carbocycles. The van der Waals surface area contributed by atoms with Crippen LogP contribution in [-0.4, -0.2) is 38.0 Å². The number of nitrogens with one attached hydrogen (secondary N) is 1. The standard InChI is InChI=1S/C15H24N2O/c1-13-7-9-14(10-8-13)5-4-6-15(18)16-11-12-17(2)3/h7-10H,4-6,11-12H2,1-3H3,(H,16,18). The number of carbonyl (C=O) groups excluding carboxylic acids is 1. The minimum Gasteiger partial charge on any atom is -0.355 e. The van der Waals surface area contributed by atoms with Gasteiger partial charge < -0.3 is 10.2 Å². The number of aryl methyl sites for hydroxylation is 2. The topological polar surface area (TPSA) is 32.3 Å². The number of nitrogens with zero attached hydrogens (tertiary/aromatic N) is 1. The Morgan fingerprint density at radius 2 is 1.89 bits per heavy atom. The molecule has 0 unspecified atom stereocenters. The van der Waals surface area contributed by atoms with Crippen LogP contribution >= 0.6 is 0 Å². The Morgan fingerprint density at radius 1 is 1.22 bits per heavy atom. The lowest BCUT2D eigenvalue weighted by atomic mass is 10.1. The molecule has 0 saturated carbocycles. The smallest absolute Gasteiger partial charge is 0.220 e. The average molecular weight is 248 g/mol. The second-order valence-electron chi connectivity index (χ2n) is 4.99. The molecule has 0 aliphatic rings. The highest BCUT2D eigenvalue weighted by atomic mass is 16.1. The van der Waals surface area contributed by atoms with Crippen LogP contribution in [0.1, 0.15) is 24.0 Å². The van der Waals surface area contributed by atoms with E-state index in [0.29, 0.717) is 6.42 Å². The van der Waals surface area contributed by atoms with Crippen LogP contribution in [-0.2, 0) is 11.2 Å². The lowest BCUT2D eigenvalue weighted by molar-refractivity contribution is -0.121. The molecule has 1 N–H and O–H groups in total. The van der Waals surface area contributed by atoms with Gasteiger partial charge in [-0.25, -0.2) is 0 Å². The van der Waals surface area contributed by atoms with Crippen LogP contribution in [0.3, 0.4) is 0 Å². The lowest BCUT2D eigenvalue weighted by Gasteiger charge is -2.10. The van der Waals surface area contributed by atoms with Crippen LogP contribution in [0, 0.1) is 6.92 Å². The fourth-order valence-corrected chi connectivity index (χ4v) is 1.72.